The Morgan fingerprint density at radius 3 is 2.18 bits per heavy atom. The van der Waals surface area contributed by atoms with Crippen molar-refractivity contribution in [2.75, 3.05) is 4.90 Å². The van der Waals surface area contributed by atoms with E-state index in [1.165, 1.54) is 0 Å². The van der Waals surface area contributed by atoms with Gasteiger partial charge >= 0.3 is 202 Å². The minimum absolute atomic E-state index is 0.146. The normalized spacial score (nSPS) is 12.8. The van der Waals surface area contributed by atoms with Crippen molar-refractivity contribution in [1.82, 2.24) is 9.97 Å². The number of anilines is 3. The van der Waals surface area contributed by atoms with E-state index in [2.05, 4.69) is 4.98 Å². The Morgan fingerprint density at radius 2 is 1.41 bits per heavy atom. The third-order valence-electron chi connectivity index (χ3n) is 5.72. The second-order valence-electron chi connectivity index (χ2n) is 7.84. The molecule has 0 radical (unpaired) electrons. The van der Waals surface area contributed by atoms with Crippen LogP contribution in [0.25, 0.3) is 17.0 Å². The van der Waals surface area contributed by atoms with Gasteiger partial charge in [-0.05, 0) is 0 Å². The molecule has 2 heterocycles. The van der Waals surface area contributed by atoms with Gasteiger partial charge in [0.15, 0.2) is 0 Å². The minimum atomic E-state index is -0.205. The number of fused-ring (bicyclic) bond motifs is 2. The standard InChI is InChI=1S/C28H17N3O2Se/c32-26-21-11-5-6-12-22(21)27(33)23(26)16-20-14-15-25(34-20)31(19-9-2-1-3-10-19)28-29-17-18-8-4-7-13-24(18)30-28/h1-17H. The van der Waals surface area contributed by atoms with Gasteiger partial charge in [-0.2, -0.15) is 0 Å². The first-order valence-electron chi connectivity index (χ1n) is 10.8. The number of ketones is 2. The van der Waals surface area contributed by atoms with Crippen LogP contribution in [0.3, 0.4) is 0 Å². The van der Waals surface area contributed by atoms with Crippen LogP contribution in [-0.2, 0) is 0 Å². The summed E-state index contributed by atoms with van der Waals surface area (Å²) in [5, 5.41) is 0.978. The van der Waals surface area contributed by atoms with Crippen LogP contribution in [0.5, 0.6) is 0 Å². The van der Waals surface area contributed by atoms with Gasteiger partial charge in [-0.3, -0.25) is 0 Å². The molecule has 0 N–H and O–H groups in total. The maximum atomic E-state index is 12.8. The molecule has 34 heavy (non-hydrogen) atoms. The summed E-state index contributed by atoms with van der Waals surface area (Å²) in [7, 11) is 0. The number of nitrogens with zero attached hydrogens (tertiary/aromatic N) is 3. The molecule has 162 valence electrons. The van der Waals surface area contributed by atoms with Crippen LogP contribution in [0.15, 0.2) is 103 Å². The zero-order valence-corrected chi connectivity index (χ0v) is 19.6. The van der Waals surface area contributed by atoms with Gasteiger partial charge in [0.05, 0.1) is 0 Å². The van der Waals surface area contributed by atoms with E-state index in [1.54, 1.807) is 30.3 Å². The Hall–Kier alpha value is -4.12. The second kappa shape index (κ2) is 8.34. The average molecular weight is 506 g/mol. The predicted molar refractivity (Wildman–Crippen MR) is 134 cm³/mol. The quantitative estimate of drug-likeness (QED) is 0.180. The van der Waals surface area contributed by atoms with Crippen molar-refractivity contribution in [1.29, 1.82) is 0 Å². The van der Waals surface area contributed by atoms with Gasteiger partial charge in [-0.15, -0.1) is 0 Å². The van der Waals surface area contributed by atoms with Crippen LogP contribution >= 0.6 is 0 Å². The fraction of sp³-hybridized carbons (Fsp3) is 0. The van der Waals surface area contributed by atoms with E-state index in [9.17, 15) is 9.59 Å². The number of hydrogen-bond acceptors (Lipinski definition) is 5. The number of hydrogen-bond donors (Lipinski definition) is 0. The molecule has 6 heteroatoms. The fourth-order valence-corrected chi connectivity index (χ4v) is 6.11. The number of aromatic nitrogens is 2. The molecule has 0 bridgehead atoms. The van der Waals surface area contributed by atoms with Crippen LogP contribution in [0.1, 0.15) is 25.2 Å². The molecule has 5 nitrogen and oxygen atoms in total. The van der Waals surface area contributed by atoms with Crippen LogP contribution < -0.4 is 4.90 Å². The Morgan fingerprint density at radius 1 is 0.735 bits per heavy atom. The van der Waals surface area contributed by atoms with E-state index in [-0.39, 0.29) is 31.6 Å². The van der Waals surface area contributed by atoms with Crippen molar-refractivity contribution >= 4 is 59.2 Å². The molecular weight excluding hydrogens is 489 g/mol. The van der Waals surface area contributed by atoms with E-state index in [0.29, 0.717) is 17.1 Å². The van der Waals surface area contributed by atoms with Crippen LogP contribution in [0.2, 0.25) is 0 Å². The molecule has 3 aromatic carbocycles. The SMILES string of the molecule is O=C1C(=Cc2ccc(N(c3ccccc3)c3ncc4ccccc4n3)[se]2)C(=O)c2ccccc21. The van der Waals surface area contributed by atoms with Gasteiger partial charge in [-0.1, -0.05) is 0 Å². The average Bonchev–Trinajstić information content (AvgIpc) is 3.44. The molecule has 0 fully saturated rings. The maximum absolute atomic E-state index is 12.8. The second-order valence-corrected chi connectivity index (χ2v) is 10.1. The third-order valence-corrected chi connectivity index (χ3v) is 7.85. The molecular formula is C28H17N3O2Se. The van der Waals surface area contributed by atoms with E-state index in [1.807, 2.05) is 77.8 Å². The van der Waals surface area contributed by atoms with Crippen molar-refractivity contribution in [2.45, 2.75) is 0 Å². The number of benzene rings is 3. The molecule has 0 aliphatic heterocycles. The number of carbonyl (C=O) groups is 2. The van der Waals surface area contributed by atoms with Gasteiger partial charge in [0.25, 0.3) is 0 Å². The Balaban J connectivity index is 1.42. The molecule has 0 saturated carbocycles. The van der Waals surface area contributed by atoms with Crippen molar-refractivity contribution < 1.29 is 9.59 Å². The molecule has 6 rings (SSSR count). The summed E-state index contributed by atoms with van der Waals surface area (Å²) in [6, 6.07) is 28.9. The number of allylic oxidation sites excluding steroid dienone is 1. The van der Waals surface area contributed by atoms with Crippen molar-refractivity contribution in [3.8, 4) is 0 Å². The predicted octanol–water partition coefficient (Wildman–Crippen LogP) is 5.62. The van der Waals surface area contributed by atoms with Gasteiger partial charge in [0.1, 0.15) is 0 Å². The van der Waals surface area contributed by atoms with Gasteiger partial charge in [0, 0.05) is 0 Å². The van der Waals surface area contributed by atoms with Crippen molar-refractivity contribution in [2.24, 2.45) is 0 Å². The van der Waals surface area contributed by atoms with E-state index in [4.69, 9.17) is 4.98 Å². The molecule has 0 spiro atoms. The van der Waals surface area contributed by atoms with E-state index < -0.39 is 0 Å². The Labute approximate surface area is 201 Å². The Kier molecular flexibility index (Phi) is 5.02. The summed E-state index contributed by atoms with van der Waals surface area (Å²) in [6.07, 6.45) is 3.58. The molecule has 1 aliphatic carbocycles. The number of Topliss-reactive ketones (excluding diaryl/α,β-unsaturated/α-hetero) is 2. The van der Waals surface area contributed by atoms with Crippen molar-refractivity contribution in [3.05, 3.63) is 118 Å². The molecule has 0 unspecified atom stereocenters. The summed E-state index contributed by atoms with van der Waals surface area (Å²) >= 11 is -0.146. The van der Waals surface area contributed by atoms with Crippen molar-refractivity contribution in [3.63, 3.8) is 0 Å². The van der Waals surface area contributed by atoms with Gasteiger partial charge < -0.3 is 0 Å². The zero-order valence-electron chi connectivity index (χ0n) is 17.9. The van der Waals surface area contributed by atoms with E-state index in [0.717, 1.165) is 25.6 Å². The molecule has 0 saturated heterocycles. The van der Waals surface area contributed by atoms with Crippen LogP contribution in [0, 0.1) is 0 Å². The summed E-state index contributed by atoms with van der Waals surface area (Å²) < 4.78 is 1.98. The monoisotopic (exact) mass is 507 g/mol. The van der Waals surface area contributed by atoms with Crippen LogP contribution in [0.4, 0.5) is 16.2 Å². The van der Waals surface area contributed by atoms with Gasteiger partial charge in [0.2, 0.25) is 0 Å². The molecule has 5 aromatic rings. The molecule has 2 aromatic heterocycles. The molecule has 0 atom stereocenters. The third kappa shape index (κ3) is 3.50. The molecule has 1 aliphatic rings. The first-order chi connectivity index (χ1) is 16.7. The van der Waals surface area contributed by atoms with Gasteiger partial charge in [-0.25, -0.2) is 0 Å². The number of rotatable bonds is 4. The molecule has 0 amide bonds. The Bertz CT molecular complexity index is 1570. The van der Waals surface area contributed by atoms with E-state index >= 15 is 0 Å². The fourth-order valence-electron chi connectivity index (χ4n) is 4.07. The first-order valence-corrected chi connectivity index (χ1v) is 12.5. The number of para-hydroxylation sites is 2. The summed E-state index contributed by atoms with van der Waals surface area (Å²) in [5.74, 6) is 0.174. The topological polar surface area (TPSA) is 63.2 Å². The first kappa shape index (κ1) is 20.5. The van der Waals surface area contributed by atoms with Crippen LogP contribution in [-0.4, -0.2) is 36.0 Å². The summed E-state index contributed by atoms with van der Waals surface area (Å²) in [5.41, 5.74) is 3.02. The number of carbonyl (C=O) groups excluding carboxylic acids is 2. The zero-order chi connectivity index (χ0) is 23.1. The summed E-state index contributed by atoms with van der Waals surface area (Å²) in [6.45, 7) is 0. The summed E-state index contributed by atoms with van der Waals surface area (Å²) in [4.78, 5) is 37.1.